The fraction of sp³-hybridized carbons (Fsp3) is 0.423. The van der Waals surface area contributed by atoms with E-state index in [0.717, 1.165) is 28.2 Å². The van der Waals surface area contributed by atoms with Crippen molar-refractivity contribution in [3.8, 4) is 23.0 Å². The Kier molecular flexibility index (Phi) is 6.11. The molecule has 2 aromatic carbocycles. The summed E-state index contributed by atoms with van der Waals surface area (Å²) in [4.78, 5) is 39.6. The lowest BCUT2D eigenvalue weighted by Crippen LogP contribution is -2.43. The fourth-order valence-electron chi connectivity index (χ4n) is 4.69. The number of hydrogen-bond acceptors (Lipinski definition) is 7. The van der Waals surface area contributed by atoms with Crippen molar-refractivity contribution in [2.75, 3.05) is 26.4 Å². The minimum atomic E-state index is -1.33. The predicted molar refractivity (Wildman–Crippen MR) is 128 cm³/mol. The standard InChI is InChI=1S/C26H29N3O7/c1-4-33-20-10-16-9-15(2)36-21(16)11-17(20)13-27-23(30)14-29-24(31)26(3,28-25(29)32)18-5-6-19-22(12-18)35-8-7-34-19/h5-6,10-12,15H,4,7-9,13-14H2,1-3H3,(H,27,30)(H,28,32)/t15-,26+/m1/s1. The first-order chi connectivity index (χ1) is 17.3. The van der Waals surface area contributed by atoms with Gasteiger partial charge in [0.2, 0.25) is 5.91 Å². The van der Waals surface area contributed by atoms with Crippen LogP contribution in [0.2, 0.25) is 0 Å². The number of urea groups is 1. The van der Waals surface area contributed by atoms with E-state index in [4.69, 9.17) is 18.9 Å². The maximum atomic E-state index is 13.3. The lowest BCUT2D eigenvalue weighted by Gasteiger charge is -2.25. The summed E-state index contributed by atoms with van der Waals surface area (Å²) in [7, 11) is 0. The van der Waals surface area contributed by atoms with Gasteiger partial charge in [0.1, 0.15) is 42.9 Å². The van der Waals surface area contributed by atoms with Gasteiger partial charge in [-0.3, -0.25) is 14.5 Å². The van der Waals surface area contributed by atoms with Gasteiger partial charge < -0.3 is 29.6 Å². The van der Waals surface area contributed by atoms with Gasteiger partial charge in [-0.2, -0.15) is 0 Å². The number of hydrogen-bond donors (Lipinski definition) is 2. The number of ether oxygens (including phenoxy) is 4. The molecule has 2 aromatic rings. The first-order valence-electron chi connectivity index (χ1n) is 12.0. The molecular weight excluding hydrogens is 466 g/mol. The van der Waals surface area contributed by atoms with Crippen LogP contribution in [0.25, 0.3) is 0 Å². The molecule has 0 aromatic heterocycles. The van der Waals surface area contributed by atoms with E-state index in [1.807, 2.05) is 26.0 Å². The molecule has 0 radical (unpaired) electrons. The van der Waals surface area contributed by atoms with E-state index in [-0.39, 0.29) is 12.6 Å². The minimum absolute atomic E-state index is 0.0857. The number of carbonyl (C=O) groups is 3. The third-order valence-corrected chi connectivity index (χ3v) is 6.55. The number of fused-ring (bicyclic) bond motifs is 2. The Bertz CT molecular complexity index is 1230. The molecule has 1 fully saturated rings. The van der Waals surface area contributed by atoms with Crippen LogP contribution in [0.15, 0.2) is 30.3 Å². The van der Waals surface area contributed by atoms with Gasteiger partial charge in [0.15, 0.2) is 11.5 Å². The van der Waals surface area contributed by atoms with E-state index in [2.05, 4.69) is 10.6 Å². The molecular formula is C26H29N3O7. The maximum Gasteiger partial charge on any atom is 0.325 e. The number of imide groups is 1. The van der Waals surface area contributed by atoms with Crippen LogP contribution in [-0.4, -0.2) is 55.2 Å². The quantitative estimate of drug-likeness (QED) is 0.566. The number of nitrogens with zero attached hydrogens (tertiary/aromatic N) is 1. The van der Waals surface area contributed by atoms with Crippen LogP contribution in [0.1, 0.15) is 37.5 Å². The highest BCUT2D eigenvalue weighted by molar-refractivity contribution is 6.09. The fourth-order valence-corrected chi connectivity index (χ4v) is 4.69. The van der Waals surface area contributed by atoms with E-state index in [9.17, 15) is 14.4 Å². The molecule has 3 aliphatic rings. The third kappa shape index (κ3) is 4.27. The van der Waals surface area contributed by atoms with Gasteiger partial charge in [0.05, 0.1) is 6.61 Å². The molecule has 190 valence electrons. The van der Waals surface area contributed by atoms with E-state index in [0.29, 0.717) is 42.6 Å². The van der Waals surface area contributed by atoms with Gasteiger partial charge in [0.25, 0.3) is 5.91 Å². The van der Waals surface area contributed by atoms with E-state index >= 15 is 0 Å². The molecule has 0 unspecified atom stereocenters. The first-order valence-corrected chi connectivity index (χ1v) is 12.0. The summed E-state index contributed by atoms with van der Waals surface area (Å²) >= 11 is 0. The Morgan fingerprint density at radius 2 is 1.94 bits per heavy atom. The van der Waals surface area contributed by atoms with Gasteiger partial charge >= 0.3 is 6.03 Å². The molecule has 0 bridgehead atoms. The lowest BCUT2D eigenvalue weighted by molar-refractivity contribution is -0.134. The van der Waals surface area contributed by atoms with Crippen molar-refractivity contribution in [1.29, 1.82) is 0 Å². The van der Waals surface area contributed by atoms with Gasteiger partial charge in [-0.15, -0.1) is 0 Å². The molecule has 2 atom stereocenters. The number of rotatable bonds is 7. The summed E-state index contributed by atoms with van der Waals surface area (Å²) < 4.78 is 22.7. The maximum absolute atomic E-state index is 13.3. The molecule has 36 heavy (non-hydrogen) atoms. The average molecular weight is 496 g/mol. The second kappa shape index (κ2) is 9.25. The largest absolute Gasteiger partial charge is 0.494 e. The Hall–Kier alpha value is -3.95. The van der Waals surface area contributed by atoms with E-state index in [1.54, 1.807) is 25.1 Å². The van der Waals surface area contributed by atoms with Crippen LogP contribution in [0.3, 0.4) is 0 Å². The monoisotopic (exact) mass is 495 g/mol. The van der Waals surface area contributed by atoms with Crippen molar-refractivity contribution >= 4 is 17.8 Å². The molecule has 0 spiro atoms. The summed E-state index contributed by atoms with van der Waals surface area (Å²) in [5.41, 5.74) is 1.04. The topological polar surface area (TPSA) is 115 Å². The molecule has 0 aliphatic carbocycles. The van der Waals surface area contributed by atoms with Crippen LogP contribution in [0.5, 0.6) is 23.0 Å². The molecule has 3 aliphatic heterocycles. The Balaban J connectivity index is 1.26. The van der Waals surface area contributed by atoms with Gasteiger partial charge in [-0.25, -0.2) is 4.79 Å². The predicted octanol–water partition coefficient (Wildman–Crippen LogP) is 2.26. The highest BCUT2D eigenvalue weighted by atomic mass is 16.6. The number of amides is 4. The van der Waals surface area contributed by atoms with Crippen molar-refractivity contribution in [2.24, 2.45) is 0 Å². The number of benzene rings is 2. The molecule has 3 heterocycles. The van der Waals surface area contributed by atoms with Crippen molar-refractivity contribution < 1.29 is 33.3 Å². The highest BCUT2D eigenvalue weighted by Gasteiger charge is 2.49. The Morgan fingerprint density at radius 3 is 2.72 bits per heavy atom. The Labute approximate surface area is 208 Å². The highest BCUT2D eigenvalue weighted by Crippen LogP contribution is 2.37. The Morgan fingerprint density at radius 1 is 1.17 bits per heavy atom. The lowest BCUT2D eigenvalue weighted by atomic mass is 9.91. The molecule has 2 N–H and O–H groups in total. The summed E-state index contributed by atoms with van der Waals surface area (Å²) in [5.74, 6) is 1.56. The molecule has 10 nitrogen and oxygen atoms in total. The SMILES string of the molecule is CCOc1cc2c(cc1CNC(=O)CN1C(=O)N[C@@](C)(c3ccc4c(c3)OCCO4)C1=O)O[C@H](C)C2. The zero-order valence-corrected chi connectivity index (χ0v) is 20.5. The van der Waals surface area contributed by atoms with Crippen LogP contribution in [0.4, 0.5) is 4.79 Å². The summed E-state index contributed by atoms with van der Waals surface area (Å²) in [6, 6.07) is 8.28. The second-order valence-corrected chi connectivity index (χ2v) is 9.21. The van der Waals surface area contributed by atoms with Gasteiger partial charge in [-0.05, 0) is 50.6 Å². The smallest absolute Gasteiger partial charge is 0.325 e. The second-order valence-electron chi connectivity index (χ2n) is 9.21. The van der Waals surface area contributed by atoms with Crippen molar-refractivity contribution in [3.63, 3.8) is 0 Å². The van der Waals surface area contributed by atoms with Gasteiger partial charge in [0, 0.05) is 24.1 Å². The van der Waals surface area contributed by atoms with Crippen molar-refractivity contribution in [3.05, 3.63) is 47.0 Å². The van der Waals surface area contributed by atoms with E-state index in [1.165, 1.54) is 0 Å². The molecule has 0 saturated carbocycles. The summed E-state index contributed by atoms with van der Waals surface area (Å²) in [6.07, 6.45) is 0.888. The average Bonchev–Trinajstić information content (AvgIpc) is 3.33. The number of nitrogens with one attached hydrogen (secondary N) is 2. The zero-order chi connectivity index (χ0) is 25.4. The van der Waals surface area contributed by atoms with Crippen LogP contribution in [-0.2, 0) is 28.1 Å². The zero-order valence-electron chi connectivity index (χ0n) is 20.5. The molecule has 10 heteroatoms. The first kappa shape index (κ1) is 23.8. The minimum Gasteiger partial charge on any atom is -0.494 e. The van der Waals surface area contributed by atoms with Crippen LogP contribution in [0, 0.1) is 0 Å². The third-order valence-electron chi connectivity index (χ3n) is 6.55. The molecule has 4 amide bonds. The van der Waals surface area contributed by atoms with Crippen molar-refractivity contribution in [2.45, 2.75) is 45.4 Å². The van der Waals surface area contributed by atoms with Crippen molar-refractivity contribution in [1.82, 2.24) is 15.5 Å². The van der Waals surface area contributed by atoms with E-state index < -0.39 is 29.9 Å². The molecule has 5 rings (SSSR count). The van der Waals surface area contributed by atoms with Gasteiger partial charge in [-0.1, -0.05) is 6.07 Å². The molecule has 1 saturated heterocycles. The summed E-state index contributed by atoms with van der Waals surface area (Å²) in [6.45, 7) is 6.60. The van der Waals surface area contributed by atoms with Crippen LogP contribution < -0.4 is 29.6 Å². The normalized spacial score (nSPS) is 22.1. The number of carbonyl (C=O) groups excluding carboxylic acids is 3. The van der Waals surface area contributed by atoms with Crippen LogP contribution >= 0.6 is 0 Å². The summed E-state index contributed by atoms with van der Waals surface area (Å²) in [5, 5.41) is 5.51.